The summed E-state index contributed by atoms with van der Waals surface area (Å²) in [5, 5.41) is 1.81. The topological polar surface area (TPSA) is 17.1 Å². The van der Waals surface area contributed by atoms with Gasteiger partial charge in [0.25, 0.3) is 0 Å². The van der Waals surface area contributed by atoms with Gasteiger partial charge in [0.15, 0.2) is 0 Å². The fourth-order valence-corrected chi connectivity index (χ4v) is 2.15. The van der Waals surface area contributed by atoms with Gasteiger partial charge in [0.1, 0.15) is 0 Å². The SMILES string of the molecule is O=CC[Se]Cc1ccccc1. The Labute approximate surface area is 73.0 Å². The van der Waals surface area contributed by atoms with Crippen LogP contribution in [-0.4, -0.2) is 21.2 Å². The van der Waals surface area contributed by atoms with Crippen LogP contribution in [0.1, 0.15) is 5.56 Å². The first-order chi connectivity index (χ1) is 5.43. The van der Waals surface area contributed by atoms with Crippen molar-refractivity contribution in [3.05, 3.63) is 35.9 Å². The third-order valence-corrected chi connectivity index (χ3v) is 3.21. The van der Waals surface area contributed by atoms with Gasteiger partial charge >= 0.3 is 72.6 Å². The number of rotatable bonds is 4. The Kier molecular flexibility index (Phi) is 3.95. The zero-order valence-electron chi connectivity index (χ0n) is 6.19. The second-order valence-electron chi connectivity index (χ2n) is 2.17. The standard InChI is InChI=1S/C9H10OSe/c10-6-7-11-8-9-4-2-1-3-5-9/h1-6H,7-8H2. The Morgan fingerprint density at radius 1 is 1.27 bits per heavy atom. The fraction of sp³-hybridized carbons (Fsp3) is 0.222. The molecule has 11 heavy (non-hydrogen) atoms. The third-order valence-electron chi connectivity index (χ3n) is 1.30. The van der Waals surface area contributed by atoms with E-state index in [0.29, 0.717) is 15.0 Å². The van der Waals surface area contributed by atoms with E-state index < -0.39 is 0 Å². The molecule has 0 aliphatic rings. The molecular weight excluding hydrogens is 203 g/mol. The molecule has 0 aromatic heterocycles. The molecule has 1 nitrogen and oxygen atoms in total. The van der Waals surface area contributed by atoms with Gasteiger partial charge in [-0.1, -0.05) is 0 Å². The molecule has 0 bridgehead atoms. The molecule has 0 saturated heterocycles. The number of aldehydes is 1. The predicted molar refractivity (Wildman–Crippen MR) is 46.8 cm³/mol. The van der Waals surface area contributed by atoms with E-state index in [1.54, 1.807) is 0 Å². The molecule has 0 amide bonds. The maximum atomic E-state index is 10.0. The number of hydrogen-bond donors (Lipinski definition) is 0. The van der Waals surface area contributed by atoms with Crippen LogP contribution in [0.15, 0.2) is 30.3 Å². The number of hydrogen-bond acceptors (Lipinski definition) is 1. The molecule has 0 spiro atoms. The first-order valence-corrected chi connectivity index (χ1v) is 5.91. The van der Waals surface area contributed by atoms with Crippen LogP contribution in [0.3, 0.4) is 0 Å². The summed E-state index contributed by atoms with van der Waals surface area (Å²) in [6.07, 6.45) is 1.00. The van der Waals surface area contributed by atoms with Crippen molar-refractivity contribution in [3.63, 3.8) is 0 Å². The molecule has 1 aromatic carbocycles. The van der Waals surface area contributed by atoms with Crippen LogP contribution in [-0.2, 0) is 10.1 Å². The van der Waals surface area contributed by atoms with Gasteiger partial charge in [-0.3, -0.25) is 0 Å². The third kappa shape index (κ3) is 3.35. The number of benzene rings is 1. The van der Waals surface area contributed by atoms with E-state index in [4.69, 9.17) is 0 Å². The Bertz CT molecular complexity index is 208. The molecule has 1 rings (SSSR count). The van der Waals surface area contributed by atoms with Gasteiger partial charge in [0.05, 0.1) is 0 Å². The minimum atomic E-state index is 0.461. The van der Waals surface area contributed by atoms with Crippen LogP contribution in [0.25, 0.3) is 0 Å². The molecule has 0 aliphatic heterocycles. The van der Waals surface area contributed by atoms with Crippen LogP contribution in [0.5, 0.6) is 0 Å². The number of carbonyl (C=O) groups is 1. The van der Waals surface area contributed by atoms with Gasteiger partial charge in [-0.05, 0) is 0 Å². The average Bonchev–Trinajstić information content (AvgIpc) is 2.07. The summed E-state index contributed by atoms with van der Waals surface area (Å²) in [6.45, 7) is 0. The van der Waals surface area contributed by atoms with Gasteiger partial charge in [0.2, 0.25) is 0 Å². The minimum absolute atomic E-state index is 0.461. The molecule has 0 N–H and O–H groups in total. The quantitative estimate of drug-likeness (QED) is 0.421. The van der Waals surface area contributed by atoms with Crippen molar-refractivity contribution in [3.8, 4) is 0 Å². The predicted octanol–water partition coefficient (Wildman–Crippen LogP) is 1.51. The summed E-state index contributed by atoms with van der Waals surface area (Å²) in [6, 6.07) is 10.3. The summed E-state index contributed by atoms with van der Waals surface area (Å²) in [5.41, 5.74) is 1.34. The Morgan fingerprint density at radius 3 is 2.64 bits per heavy atom. The van der Waals surface area contributed by atoms with Gasteiger partial charge in [-0.15, -0.1) is 0 Å². The van der Waals surface area contributed by atoms with Gasteiger partial charge in [-0.25, -0.2) is 0 Å². The monoisotopic (exact) mass is 214 g/mol. The first-order valence-electron chi connectivity index (χ1n) is 3.49. The Morgan fingerprint density at radius 2 is 2.00 bits per heavy atom. The van der Waals surface area contributed by atoms with E-state index >= 15 is 0 Å². The van der Waals surface area contributed by atoms with E-state index in [2.05, 4.69) is 12.1 Å². The fourth-order valence-electron chi connectivity index (χ4n) is 0.799. The molecule has 0 radical (unpaired) electrons. The van der Waals surface area contributed by atoms with E-state index in [1.165, 1.54) is 5.56 Å². The molecule has 0 heterocycles. The normalized spacial score (nSPS) is 9.45. The zero-order valence-corrected chi connectivity index (χ0v) is 7.91. The van der Waals surface area contributed by atoms with Crippen molar-refractivity contribution in [2.24, 2.45) is 0 Å². The average molecular weight is 213 g/mol. The van der Waals surface area contributed by atoms with Crippen molar-refractivity contribution >= 4 is 21.2 Å². The van der Waals surface area contributed by atoms with Crippen molar-refractivity contribution in [2.45, 2.75) is 10.6 Å². The second-order valence-corrected chi connectivity index (χ2v) is 4.33. The summed E-state index contributed by atoms with van der Waals surface area (Å²) in [5.74, 6) is 0. The van der Waals surface area contributed by atoms with Gasteiger partial charge in [-0.2, -0.15) is 0 Å². The van der Waals surface area contributed by atoms with Gasteiger partial charge < -0.3 is 0 Å². The molecule has 1 aromatic rings. The van der Waals surface area contributed by atoms with E-state index in [9.17, 15) is 4.79 Å². The molecule has 58 valence electrons. The molecule has 0 atom stereocenters. The Balaban J connectivity index is 2.33. The molecular formula is C9H10OSe. The van der Waals surface area contributed by atoms with E-state index in [0.717, 1.165) is 16.9 Å². The molecule has 2 heteroatoms. The van der Waals surface area contributed by atoms with E-state index in [1.807, 2.05) is 18.2 Å². The summed E-state index contributed by atoms with van der Waals surface area (Å²) < 4.78 is 0. The van der Waals surface area contributed by atoms with Crippen LogP contribution >= 0.6 is 0 Å². The number of carbonyl (C=O) groups excluding carboxylic acids is 1. The molecule has 0 unspecified atom stereocenters. The molecule has 0 aliphatic carbocycles. The molecule has 0 fully saturated rings. The van der Waals surface area contributed by atoms with Crippen LogP contribution in [0.4, 0.5) is 0 Å². The maximum absolute atomic E-state index is 10.0. The van der Waals surface area contributed by atoms with Gasteiger partial charge in [0, 0.05) is 0 Å². The Hall–Kier alpha value is -0.591. The first kappa shape index (κ1) is 8.51. The van der Waals surface area contributed by atoms with Crippen molar-refractivity contribution in [1.82, 2.24) is 0 Å². The van der Waals surface area contributed by atoms with Crippen LogP contribution in [0.2, 0.25) is 5.32 Å². The van der Waals surface area contributed by atoms with Crippen molar-refractivity contribution in [1.29, 1.82) is 0 Å². The second kappa shape index (κ2) is 5.11. The van der Waals surface area contributed by atoms with Crippen LogP contribution in [0, 0.1) is 0 Å². The summed E-state index contributed by atoms with van der Waals surface area (Å²) in [7, 11) is 0. The summed E-state index contributed by atoms with van der Waals surface area (Å²) >= 11 is 0.461. The van der Waals surface area contributed by atoms with Crippen molar-refractivity contribution < 1.29 is 4.79 Å². The van der Waals surface area contributed by atoms with E-state index in [-0.39, 0.29) is 0 Å². The van der Waals surface area contributed by atoms with Crippen molar-refractivity contribution in [2.75, 3.05) is 0 Å². The van der Waals surface area contributed by atoms with Crippen LogP contribution < -0.4 is 0 Å². The summed E-state index contributed by atoms with van der Waals surface area (Å²) in [4.78, 5) is 10.0. The zero-order chi connectivity index (χ0) is 7.94. The molecule has 0 saturated carbocycles.